The SMILES string of the molecule is CC(C)N([CH-]N(C(C)C)C(C)C)C(C)C.[Cl][Pd][Cl].c1ccncc1. The molecule has 6 heteroatoms. The van der Waals surface area contributed by atoms with Crippen LogP contribution >= 0.6 is 19.1 Å². The molecule has 0 fully saturated rings. The molecule has 146 valence electrons. The molecule has 24 heavy (non-hydrogen) atoms. The summed E-state index contributed by atoms with van der Waals surface area (Å²) < 4.78 is 0. The van der Waals surface area contributed by atoms with E-state index in [0.717, 1.165) is 0 Å². The number of hydrogen-bond donors (Lipinski definition) is 0. The first kappa shape index (κ1) is 26.5. The van der Waals surface area contributed by atoms with Gasteiger partial charge in [-0.1, -0.05) is 61.5 Å². The molecule has 1 aromatic rings. The Hall–Kier alpha value is 0.312. The van der Waals surface area contributed by atoms with Crippen molar-refractivity contribution in [1.82, 2.24) is 14.8 Å². The second-order valence-corrected chi connectivity index (χ2v) is 8.81. The molecule has 1 heterocycles. The summed E-state index contributed by atoms with van der Waals surface area (Å²) in [4.78, 5) is 8.62. The molecule has 0 bridgehead atoms. The molecule has 0 aliphatic carbocycles. The van der Waals surface area contributed by atoms with E-state index in [1.54, 1.807) is 12.4 Å². The Labute approximate surface area is 166 Å². The Bertz CT molecular complexity index is 302. The maximum absolute atomic E-state index is 4.81. The van der Waals surface area contributed by atoms with Crippen molar-refractivity contribution in [3.63, 3.8) is 0 Å². The van der Waals surface area contributed by atoms with E-state index in [0.29, 0.717) is 24.2 Å². The molecule has 0 aliphatic heterocycles. The van der Waals surface area contributed by atoms with Crippen LogP contribution in [0.4, 0.5) is 0 Å². The van der Waals surface area contributed by atoms with Gasteiger partial charge in [0, 0.05) is 12.4 Å². The largest absolute Gasteiger partial charge is 0.265 e. The molecule has 0 unspecified atom stereocenters. The molecular weight excluding hydrogens is 436 g/mol. The predicted octanol–water partition coefficient (Wildman–Crippen LogP) is 5.80. The van der Waals surface area contributed by atoms with Gasteiger partial charge in [0.05, 0.1) is 0 Å². The molecule has 0 saturated carbocycles. The average molecular weight is 470 g/mol. The molecule has 3 nitrogen and oxygen atoms in total. The average Bonchev–Trinajstić information content (AvgIpc) is 2.49. The molecule has 0 saturated heterocycles. The summed E-state index contributed by atoms with van der Waals surface area (Å²) in [5, 5.41) is 0. The number of rotatable bonds is 6. The van der Waals surface area contributed by atoms with Gasteiger partial charge in [-0.2, -0.15) is 0 Å². The second kappa shape index (κ2) is 16.8. The van der Waals surface area contributed by atoms with Gasteiger partial charge >= 0.3 is 35.0 Å². The minimum absolute atomic E-state index is 0.106. The minimum Gasteiger partial charge on any atom is -0.265 e. The van der Waals surface area contributed by atoms with Crippen LogP contribution in [0.1, 0.15) is 55.4 Å². The van der Waals surface area contributed by atoms with E-state index in [9.17, 15) is 0 Å². The third kappa shape index (κ3) is 14.6. The number of halogens is 2. The van der Waals surface area contributed by atoms with Crippen LogP contribution in [-0.4, -0.2) is 39.0 Å². The molecule has 0 atom stereocenters. The van der Waals surface area contributed by atoms with Gasteiger partial charge in [0.2, 0.25) is 0 Å². The summed E-state index contributed by atoms with van der Waals surface area (Å²) in [5.74, 6) is 0. The van der Waals surface area contributed by atoms with Crippen LogP contribution in [0.15, 0.2) is 30.6 Å². The van der Waals surface area contributed by atoms with E-state index in [-0.39, 0.29) is 15.9 Å². The molecule has 0 aromatic carbocycles. The van der Waals surface area contributed by atoms with Crippen LogP contribution in [0.2, 0.25) is 0 Å². The van der Waals surface area contributed by atoms with E-state index in [1.165, 1.54) is 0 Å². The van der Waals surface area contributed by atoms with Gasteiger partial charge in [-0.15, -0.1) is 0 Å². The maximum Gasteiger partial charge on any atom is 0.0267 e. The normalized spacial score (nSPS) is 11.2. The van der Waals surface area contributed by atoms with E-state index in [4.69, 9.17) is 19.1 Å². The van der Waals surface area contributed by atoms with Gasteiger partial charge in [-0.25, -0.2) is 6.67 Å². The third-order valence-corrected chi connectivity index (χ3v) is 3.22. The van der Waals surface area contributed by atoms with Gasteiger partial charge in [0.15, 0.2) is 0 Å². The van der Waals surface area contributed by atoms with Gasteiger partial charge in [-0.05, 0) is 36.3 Å². The van der Waals surface area contributed by atoms with Crippen LogP contribution in [-0.2, 0) is 15.9 Å². The fourth-order valence-electron chi connectivity index (χ4n) is 2.19. The molecule has 0 spiro atoms. The van der Waals surface area contributed by atoms with Crippen molar-refractivity contribution in [3.05, 3.63) is 37.3 Å². The van der Waals surface area contributed by atoms with Gasteiger partial charge in [0.25, 0.3) is 0 Å². The summed E-state index contributed by atoms with van der Waals surface area (Å²) in [5.41, 5.74) is 0. The number of aromatic nitrogens is 1. The fourth-order valence-corrected chi connectivity index (χ4v) is 2.19. The standard InChI is InChI=1S/C13H29N2.C5H5N.2ClH.Pd/c1-10(2)14(11(3)4)9-15(12(5)6)13(7)8;1-2-4-6-5-3-1;;;/h9-13H,1-8H3;1-5H;2*1H;/q-1;;;;+2/p-2. The van der Waals surface area contributed by atoms with Gasteiger partial charge < -0.3 is 9.80 Å². The van der Waals surface area contributed by atoms with Crippen LogP contribution in [0.5, 0.6) is 0 Å². The Morgan fingerprint density at radius 1 is 0.708 bits per heavy atom. The van der Waals surface area contributed by atoms with Gasteiger partial charge in [-0.3, -0.25) is 4.98 Å². The zero-order valence-electron chi connectivity index (χ0n) is 16.2. The molecular formula is C18H34Cl2N3Pd-. The van der Waals surface area contributed by atoms with Crippen molar-refractivity contribution >= 4 is 19.1 Å². The number of hydrogen-bond acceptors (Lipinski definition) is 3. The zero-order valence-corrected chi connectivity index (χ0v) is 19.3. The summed E-state index contributed by atoms with van der Waals surface area (Å²) in [6, 6.07) is 7.96. The smallest absolute Gasteiger partial charge is 0.0267 e. The quantitative estimate of drug-likeness (QED) is 0.388. The van der Waals surface area contributed by atoms with Gasteiger partial charge in [0.1, 0.15) is 0 Å². The molecule has 1 aromatic heterocycles. The van der Waals surface area contributed by atoms with Crippen molar-refractivity contribution in [2.75, 3.05) is 0 Å². The molecule has 0 amide bonds. The predicted molar refractivity (Wildman–Crippen MR) is 104 cm³/mol. The van der Waals surface area contributed by atoms with Crippen molar-refractivity contribution in [3.8, 4) is 0 Å². The number of nitrogens with zero attached hydrogens (tertiary/aromatic N) is 3. The minimum atomic E-state index is -0.106. The Balaban J connectivity index is 0. The molecule has 0 N–H and O–H groups in total. The van der Waals surface area contributed by atoms with Crippen molar-refractivity contribution < 1.29 is 15.9 Å². The first-order valence-electron chi connectivity index (χ1n) is 8.26. The van der Waals surface area contributed by atoms with Crippen LogP contribution in [0, 0.1) is 6.67 Å². The Morgan fingerprint density at radius 2 is 1.00 bits per heavy atom. The second-order valence-electron chi connectivity index (χ2n) is 6.45. The van der Waals surface area contributed by atoms with Crippen LogP contribution < -0.4 is 0 Å². The van der Waals surface area contributed by atoms with E-state index < -0.39 is 0 Å². The van der Waals surface area contributed by atoms with Crippen LogP contribution in [0.25, 0.3) is 0 Å². The molecule has 0 aliphatic rings. The monoisotopic (exact) mass is 468 g/mol. The fraction of sp³-hybridized carbons (Fsp3) is 0.667. The summed E-state index contributed by atoms with van der Waals surface area (Å²) in [7, 11) is 9.63. The van der Waals surface area contributed by atoms with Crippen molar-refractivity contribution in [1.29, 1.82) is 0 Å². The molecule has 0 radical (unpaired) electrons. The van der Waals surface area contributed by atoms with E-state index in [1.807, 2.05) is 18.2 Å². The van der Waals surface area contributed by atoms with Crippen LogP contribution in [0.3, 0.4) is 0 Å². The first-order valence-corrected chi connectivity index (χ1v) is 12.3. The van der Waals surface area contributed by atoms with Crippen molar-refractivity contribution in [2.24, 2.45) is 0 Å². The molecule has 1 rings (SSSR count). The topological polar surface area (TPSA) is 19.4 Å². The third-order valence-electron chi connectivity index (χ3n) is 3.22. The Morgan fingerprint density at radius 3 is 1.12 bits per heavy atom. The maximum atomic E-state index is 4.81. The first-order chi connectivity index (χ1) is 11.2. The van der Waals surface area contributed by atoms with Crippen molar-refractivity contribution in [2.45, 2.75) is 79.6 Å². The Kier molecular flexibility index (Phi) is 18.5. The zero-order chi connectivity index (χ0) is 19.1. The number of pyridine rings is 1. The summed E-state index contributed by atoms with van der Waals surface area (Å²) >= 11 is -0.106. The van der Waals surface area contributed by atoms with E-state index >= 15 is 0 Å². The summed E-state index contributed by atoms with van der Waals surface area (Å²) in [6.07, 6.45) is 3.50. The van der Waals surface area contributed by atoms with E-state index in [2.05, 4.69) is 76.8 Å². The summed E-state index contributed by atoms with van der Waals surface area (Å²) in [6.45, 7) is 20.3.